The summed E-state index contributed by atoms with van der Waals surface area (Å²) in [5.41, 5.74) is 0. The summed E-state index contributed by atoms with van der Waals surface area (Å²) in [5.74, 6) is 1.77. The average molecular weight is 518 g/mol. The molecule has 1 fully saturated rings. The van der Waals surface area contributed by atoms with Crippen molar-refractivity contribution in [2.45, 2.75) is 58.4 Å². The zero-order valence-corrected chi connectivity index (χ0v) is 20.8. The maximum Gasteiger partial charge on any atom is 0.225 e. The van der Waals surface area contributed by atoms with Crippen molar-refractivity contribution < 1.29 is 0 Å². The highest BCUT2D eigenvalue weighted by atomic mass is 127. The van der Waals surface area contributed by atoms with Crippen LogP contribution in [-0.2, 0) is 0 Å². The second-order valence-electron chi connectivity index (χ2n) is 7.62. The first-order chi connectivity index (χ1) is 13.7. The highest BCUT2D eigenvalue weighted by Crippen LogP contribution is 2.09. The lowest BCUT2D eigenvalue weighted by Gasteiger charge is -2.34. The van der Waals surface area contributed by atoms with Crippen LogP contribution in [0.25, 0.3) is 0 Å². The van der Waals surface area contributed by atoms with E-state index in [2.05, 4.69) is 49.2 Å². The van der Waals surface area contributed by atoms with Crippen molar-refractivity contribution >= 4 is 35.9 Å². The van der Waals surface area contributed by atoms with Gasteiger partial charge in [-0.05, 0) is 32.4 Å². The number of rotatable bonds is 11. The molecule has 0 amide bonds. The molecule has 0 saturated carbocycles. The number of halogens is 1. The Morgan fingerprint density at radius 3 is 2.48 bits per heavy atom. The van der Waals surface area contributed by atoms with E-state index in [-0.39, 0.29) is 24.0 Å². The molecule has 2 heterocycles. The first kappa shape index (κ1) is 25.9. The molecular formula is C21H40IN7. The van der Waals surface area contributed by atoms with E-state index in [1.54, 1.807) is 0 Å². The van der Waals surface area contributed by atoms with Gasteiger partial charge < -0.3 is 15.5 Å². The van der Waals surface area contributed by atoms with E-state index in [0.717, 1.165) is 57.6 Å². The van der Waals surface area contributed by atoms with Crippen molar-refractivity contribution in [1.82, 2.24) is 25.5 Å². The molecule has 0 spiro atoms. The largest absolute Gasteiger partial charge is 0.356 e. The number of unbranched alkanes of at least 4 members (excludes halogenated alkanes) is 3. The van der Waals surface area contributed by atoms with Crippen LogP contribution in [0.1, 0.15) is 52.4 Å². The standard InChI is InChI=1S/C21H39N7.HI/c1-4-5-6-7-10-19(2)26-20(22-3)23-13-9-14-27-15-17-28(18-16-27)21-24-11-8-12-25-21;/h8,11-12,19H,4-7,9-10,13-18H2,1-3H3,(H2,22,23,26);1H. The summed E-state index contributed by atoms with van der Waals surface area (Å²) < 4.78 is 0. The van der Waals surface area contributed by atoms with Gasteiger partial charge in [0.25, 0.3) is 0 Å². The topological polar surface area (TPSA) is 68.7 Å². The smallest absolute Gasteiger partial charge is 0.225 e. The Kier molecular flexibility index (Phi) is 14.0. The minimum Gasteiger partial charge on any atom is -0.356 e. The molecule has 29 heavy (non-hydrogen) atoms. The summed E-state index contributed by atoms with van der Waals surface area (Å²) in [5, 5.41) is 6.97. The summed E-state index contributed by atoms with van der Waals surface area (Å²) in [6, 6.07) is 2.33. The number of hydrogen-bond donors (Lipinski definition) is 2. The number of piperazine rings is 1. The Labute approximate surface area is 194 Å². The number of nitrogens with zero attached hydrogens (tertiary/aromatic N) is 5. The third-order valence-electron chi connectivity index (χ3n) is 5.25. The number of nitrogens with one attached hydrogen (secondary N) is 2. The minimum atomic E-state index is 0. The summed E-state index contributed by atoms with van der Waals surface area (Å²) in [6.45, 7) is 10.7. The van der Waals surface area contributed by atoms with Crippen LogP contribution in [0.5, 0.6) is 0 Å². The lowest BCUT2D eigenvalue weighted by atomic mass is 10.1. The molecule has 2 rings (SSSR count). The molecule has 7 nitrogen and oxygen atoms in total. The van der Waals surface area contributed by atoms with Crippen molar-refractivity contribution in [2.75, 3.05) is 51.2 Å². The van der Waals surface area contributed by atoms with E-state index in [0.29, 0.717) is 6.04 Å². The lowest BCUT2D eigenvalue weighted by molar-refractivity contribution is 0.254. The molecule has 0 aromatic carbocycles. The highest BCUT2D eigenvalue weighted by Gasteiger charge is 2.18. The third kappa shape index (κ3) is 10.4. The second kappa shape index (κ2) is 15.6. The lowest BCUT2D eigenvalue weighted by Crippen LogP contribution is -2.48. The molecule has 0 radical (unpaired) electrons. The van der Waals surface area contributed by atoms with Crippen LogP contribution < -0.4 is 15.5 Å². The SMILES string of the molecule is CCCCCCC(C)NC(=NC)NCCCN1CCN(c2ncccn2)CC1.I. The highest BCUT2D eigenvalue weighted by molar-refractivity contribution is 14.0. The van der Waals surface area contributed by atoms with Gasteiger partial charge >= 0.3 is 0 Å². The fourth-order valence-corrected chi connectivity index (χ4v) is 3.51. The average Bonchev–Trinajstić information content (AvgIpc) is 2.74. The number of aromatic nitrogens is 2. The van der Waals surface area contributed by atoms with Gasteiger partial charge in [0, 0.05) is 58.2 Å². The molecule has 1 aromatic heterocycles. The van der Waals surface area contributed by atoms with Crippen molar-refractivity contribution in [3.8, 4) is 0 Å². The Hall–Kier alpha value is -1.16. The Bertz CT molecular complexity index is 547. The number of anilines is 1. The number of aliphatic imine (C=N–C) groups is 1. The fraction of sp³-hybridized carbons (Fsp3) is 0.762. The number of hydrogen-bond acceptors (Lipinski definition) is 5. The normalized spacial score (nSPS) is 16.2. The minimum absolute atomic E-state index is 0. The van der Waals surface area contributed by atoms with Gasteiger partial charge in [0.05, 0.1) is 0 Å². The fourth-order valence-electron chi connectivity index (χ4n) is 3.51. The van der Waals surface area contributed by atoms with Crippen LogP contribution >= 0.6 is 24.0 Å². The van der Waals surface area contributed by atoms with E-state index in [1.807, 2.05) is 25.5 Å². The van der Waals surface area contributed by atoms with Gasteiger partial charge in [-0.1, -0.05) is 32.6 Å². The molecule has 1 aliphatic rings. The van der Waals surface area contributed by atoms with Crippen molar-refractivity contribution in [3.63, 3.8) is 0 Å². The molecule has 1 atom stereocenters. The van der Waals surface area contributed by atoms with Crippen LogP contribution in [0.4, 0.5) is 5.95 Å². The van der Waals surface area contributed by atoms with E-state index in [4.69, 9.17) is 0 Å². The van der Waals surface area contributed by atoms with Crippen molar-refractivity contribution in [1.29, 1.82) is 0 Å². The van der Waals surface area contributed by atoms with Crippen LogP contribution in [0.2, 0.25) is 0 Å². The Balaban J connectivity index is 0.00000420. The van der Waals surface area contributed by atoms with Crippen LogP contribution in [-0.4, -0.2) is 73.2 Å². The van der Waals surface area contributed by atoms with E-state index in [1.165, 1.54) is 32.1 Å². The quantitative estimate of drug-likeness (QED) is 0.204. The van der Waals surface area contributed by atoms with Crippen molar-refractivity contribution in [3.05, 3.63) is 18.5 Å². The molecule has 1 saturated heterocycles. The van der Waals surface area contributed by atoms with Crippen molar-refractivity contribution in [2.24, 2.45) is 4.99 Å². The number of guanidine groups is 1. The predicted octanol–water partition coefficient (Wildman–Crippen LogP) is 3.13. The van der Waals surface area contributed by atoms with Gasteiger partial charge in [0.1, 0.15) is 0 Å². The molecule has 0 aliphatic carbocycles. The second-order valence-corrected chi connectivity index (χ2v) is 7.62. The zero-order chi connectivity index (χ0) is 20.0. The van der Waals surface area contributed by atoms with Crippen LogP contribution in [0.3, 0.4) is 0 Å². The van der Waals surface area contributed by atoms with Crippen LogP contribution in [0, 0.1) is 0 Å². The maximum atomic E-state index is 4.36. The van der Waals surface area contributed by atoms with Gasteiger partial charge in [-0.2, -0.15) is 0 Å². The summed E-state index contributed by atoms with van der Waals surface area (Å²) in [4.78, 5) is 17.8. The predicted molar refractivity (Wildman–Crippen MR) is 133 cm³/mol. The summed E-state index contributed by atoms with van der Waals surface area (Å²) in [7, 11) is 1.85. The van der Waals surface area contributed by atoms with Gasteiger partial charge in [0.2, 0.25) is 5.95 Å². The molecule has 1 aromatic rings. The third-order valence-corrected chi connectivity index (χ3v) is 5.25. The molecular weight excluding hydrogens is 477 g/mol. The van der Waals surface area contributed by atoms with Gasteiger partial charge in [-0.15, -0.1) is 24.0 Å². The molecule has 2 N–H and O–H groups in total. The Morgan fingerprint density at radius 2 is 1.83 bits per heavy atom. The zero-order valence-electron chi connectivity index (χ0n) is 18.4. The van der Waals surface area contributed by atoms with Gasteiger partial charge in [0.15, 0.2) is 5.96 Å². The van der Waals surface area contributed by atoms with Crippen LogP contribution in [0.15, 0.2) is 23.5 Å². The monoisotopic (exact) mass is 517 g/mol. The van der Waals surface area contributed by atoms with E-state index >= 15 is 0 Å². The molecule has 0 bridgehead atoms. The van der Waals surface area contributed by atoms with E-state index < -0.39 is 0 Å². The molecule has 166 valence electrons. The van der Waals surface area contributed by atoms with Gasteiger partial charge in [-0.3, -0.25) is 9.89 Å². The maximum absolute atomic E-state index is 4.36. The van der Waals surface area contributed by atoms with E-state index in [9.17, 15) is 0 Å². The summed E-state index contributed by atoms with van der Waals surface area (Å²) >= 11 is 0. The first-order valence-electron chi connectivity index (χ1n) is 10.9. The Morgan fingerprint density at radius 1 is 1.10 bits per heavy atom. The summed E-state index contributed by atoms with van der Waals surface area (Å²) in [6.07, 6.45) is 11.2. The molecule has 8 heteroatoms. The van der Waals surface area contributed by atoms with Gasteiger partial charge in [-0.25, -0.2) is 9.97 Å². The first-order valence-corrected chi connectivity index (χ1v) is 10.9. The molecule has 1 aliphatic heterocycles. The molecule has 1 unspecified atom stereocenters.